The second-order valence-corrected chi connectivity index (χ2v) is 6.02. The van der Waals surface area contributed by atoms with Gasteiger partial charge in [0, 0.05) is 25.2 Å². The molecule has 0 N–H and O–H groups in total. The average Bonchev–Trinajstić information content (AvgIpc) is 2.91. The lowest BCUT2D eigenvalue weighted by Crippen LogP contribution is -2.30. The third-order valence-electron chi connectivity index (χ3n) is 2.97. The standard InChI is InChI=1S/C15H21N2O4/c1-15(2,3)21-17(19)12-6-8-13(9-7-12)20-14(18)16-10-4-5-11-16/h6-9H,4-5,10-11H2,1-3H3/q+1. The lowest BCUT2D eigenvalue weighted by Gasteiger charge is -2.14. The number of hydrogen-bond donors (Lipinski definition) is 0. The van der Waals surface area contributed by atoms with Crippen molar-refractivity contribution >= 4 is 11.8 Å². The Bertz CT molecular complexity index is 513. The van der Waals surface area contributed by atoms with Gasteiger partial charge in [0.2, 0.25) is 0 Å². The summed E-state index contributed by atoms with van der Waals surface area (Å²) in [6.45, 7) is 6.87. The van der Waals surface area contributed by atoms with Crippen molar-refractivity contribution in [3.63, 3.8) is 0 Å². The highest BCUT2D eigenvalue weighted by Crippen LogP contribution is 2.21. The first-order valence-corrected chi connectivity index (χ1v) is 7.08. The molecule has 2 rings (SSSR count). The minimum Gasteiger partial charge on any atom is -0.410 e. The van der Waals surface area contributed by atoms with Crippen LogP contribution in [-0.2, 0) is 4.84 Å². The monoisotopic (exact) mass is 293 g/mol. The van der Waals surface area contributed by atoms with Gasteiger partial charge in [0.05, 0.1) is 4.91 Å². The van der Waals surface area contributed by atoms with Gasteiger partial charge in [0.15, 0.2) is 5.60 Å². The molecule has 1 amide bonds. The van der Waals surface area contributed by atoms with Gasteiger partial charge in [-0.1, -0.05) is 0 Å². The van der Waals surface area contributed by atoms with E-state index in [0.717, 1.165) is 25.9 Å². The fourth-order valence-electron chi connectivity index (χ4n) is 2.00. The topological polar surface area (TPSA) is 58.9 Å². The van der Waals surface area contributed by atoms with Crippen molar-refractivity contribution in [2.24, 2.45) is 0 Å². The van der Waals surface area contributed by atoms with Crippen molar-refractivity contribution in [1.82, 2.24) is 4.90 Å². The number of rotatable bonds is 3. The van der Waals surface area contributed by atoms with E-state index in [1.165, 1.54) is 0 Å². The number of amides is 1. The second kappa shape index (κ2) is 6.11. The molecule has 0 aromatic heterocycles. The molecule has 1 fully saturated rings. The van der Waals surface area contributed by atoms with Crippen molar-refractivity contribution in [3.05, 3.63) is 29.2 Å². The normalized spacial score (nSPS) is 14.9. The van der Waals surface area contributed by atoms with Crippen molar-refractivity contribution < 1.29 is 19.3 Å². The second-order valence-electron chi connectivity index (χ2n) is 6.02. The van der Waals surface area contributed by atoms with Crippen LogP contribution >= 0.6 is 0 Å². The van der Waals surface area contributed by atoms with E-state index >= 15 is 0 Å². The summed E-state index contributed by atoms with van der Waals surface area (Å²) in [4.78, 5) is 30.9. The number of ether oxygens (including phenoxy) is 1. The third-order valence-corrected chi connectivity index (χ3v) is 2.97. The molecule has 6 nitrogen and oxygen atoms in total. The lowest BCUT2D eigenvalue weighted by molar-refractivity contribution is -0.766. The van der Waals surface area contributed by atoms with Crippen molar-refractivity contribution in [1.29, 1.82) is 0 Å². The molecule has 6 heteroatoms. The smallest absolute Gasteiger partial charge is 0.410 e. The van der Waals surface area contributed by atoms with Gasteiger partial charge < -0.3 is 9.64 Å². The van der Waals surface area contributed by atoms with E-state index in [-0.39, 0.29) is 6.09 Å². The molecule has 0 aliphatic carbocycles. The minimum absolute atomic E-state index is 0.342. The Morgan fingerprint density at radius 3 is 2.24 bits per heavy atom. The lowest BCUT2D eigenvalue weighted by atomic mass is 10.2. The molecule has 1 aromatic carbocycles. The molecule has 0 radical (unpaired) electrons. The van der Waals surface area contributed by atoms with Crippen LogP contribution in [0.25, 0.3) is 0 Å². The Morgan fingerprint density at radius 2 is 1.71 bits per heavy atom. The highest BCUT2D eigenvalue weighted by molar-refractivity contribution is 5.71. The Balaban J connectivity index is 1.95. The van der Waals surface area contributed by atoms with Crippen LogP contribution < -0.4 is 4.74 Å². The number of likely N-dealkylation sites (tertiary alicyclic amines) is 1. The zero-order valence-corrected chi connectivity index (χ0v) is 12.7. The Morgan fingerprint density at radius 1 is 1.14 bits per heavy atom. The van der Waals surface area contributed by atoms with Crippen molar-refractivity contribution in [2.45, 2.75) is 39.2 Å². The van der Waals surface area contributed by atoms with E-state index in [9.17, 15) is 9.70 Å². The molecule has 1 heterocycles. The van der Waals surface area contributed by atoms with Gasteiger partial charge >= 0.3 is 11.8 Å². The van der Waals surface area contributed by atoms with Gasteiger partial charge in [-0.05, 0) is 45.7 Å². The van der Waals surface area contributed by atoms with Gasteiger partial charge in [-0.3, -0.25) is 0 Å². The van der Waals surface area contributed by atoms with E-state index in [0.29, 0.717) is 16.4 Å². The maximum absolute atomic E-state index is 11.8. The van der Waals surface area contributed by atoms with Crippen LogP contribution in [0.1, 0.15) is 33.6 Å². The summed E-state index contributed by atoms with van der Waals surface area (Å²) in [5, 5.41) is 0. The first-order valence-electron chi connectivity index (χ1n) is 7.08. The number of nitrogens with zero attached hydrogens (tertiary/aromatic N) is 2. The molecular weight excluding hydrogens is 272 g/mol. The Kier molecular flexibility index (Phi) is 4.45. The summed E-state index contributed by atoms with van der Waals surface area (Å²) in [5.74, 6) is 0.416. The summed E-state index contributed by atoms with van der Waals surface area (Å²) in [6, 6.07) is 6.29. The van der Waals surface area contributed by atoms with E-state index < -0.39 is 5.60 Å². The third kappa shape index (κ3) is 4.44. The first-order chi connectivity index (χ1) is 9.85. The van der Waals surface area contributed by atoms with Gasteiger partial charge in [0.1, 0.15) is 5.75 Å². The number of benzene rings is 1. The number of carbonyl (C=O) groups is 1. The van der Waals surface area contributed by atoms with Gasteiger partial charge in [0.25, 0.3) is 4.92 Å². The molecule has 114 valence electrons. The molecule has 1 aliphatic heterocycles. The Labute approximate surface area is 124 Å². The van der Waals surface area contributed by atoms with Gasteiger partial charge in [-0.2, -0.15) is 0 Å². The first kappa shape index (κ1) is 15.3. The fourth-order valence-corrected chi connectivity index (χ4v) is 2.00. The van der Waals surface area contributed by atoms with Crippen LogP contribution in [0, 0.1) is 4.91 Å². The largest absolute Gasteiger partial charge is 0.415 e. The van der Waals surface area contributed by atoms with Crippen LogP contribution in [0.2, 0.25) is 0 Å². The molecule has 1 aromatic rings. The maximum Gasteiger partial charge on any atom is 0.415 e. The highest BCUT2D eigenvalue weighted by atomic mass is 16.8. The zero-order chi connectivity index (χ0) is 15.5. The van der Waals surface area contributed by atoms with E-state index in [2.05, 4.69) is 0 Å². The summed E-state index contributed by atoms with van der Waals surface area (Å²) in [5.41, 5.74) is -0.214. The Hall–Kier alpha value is -2.11. The van der Waals surface area contributed by atoms with Crippen LogP contribution in [0.4, 0.5) is 10.5 Å². The number of carbonyl (C=O) groups excluding carboxylic acids is 1. The summed E-state index contributed by atoms with van der Waals surface area (Å²) >= 11 is 0. The predicted octanol–water partition coefficient (Wildman–Crippen LogP) is 3.42. The van der Waals surface area contributed by atoms with Crippen LogP contribution in [0.15, 0.2) is 24.3 Å². The zero-order valence-electron chi connectivity index (χ0n) is 12.7. The maximum atomic E-state index is 11.8. The average molecular weight is 293 g/mol. The molecule has 0 atom stereocenters. The van der Waals surface area contributed by atoms with Gasteiger partial charge in [-0.15, -0.1) is 0 Å². The molecular formula is C15H21N2O4+. The quantitative estimate of drug-likeness (QED) is 0.801. The van der Waals surface area contributed by atoms with Crippen LogP contribution in [0.3, 0.4) is 0 Å². The molecule has 0 saturated carbocycles. The van der Waals surface area contributed by atoms with E-state index in [4.69, 9.17) is 9.57 Å². The molecule has 0 spiro atoms. The molecule has 0 bridgehead atoms. The minimum atomic E-state index is -0.567. The summed E-state index contributed by atoms with van der Waals surface area (Å²) < 4.78 is 5.26. The van der Waals surface area contributed by atoms with Gasteiger partial charge in [-0.25, -0.2) is 9.63 Å². The molecule has 21 heavy (non-hydrogen) atoms. The summed E-state index contributed by atoms with van der Waals surface area (Å²) in [6.07, 6.45) is 1.69. The van der Waals surface area contributed by atoms with E-state index in [1.54, 1.807) is 49.9 Å². The predicted molar refractivity (Wildman–Crippen MR) is 77.4 cm³/mol. The molecule has 1 saturated heterocycles. The van der Waals surface area contributed by atoms with E-state index in [1.807, 2.05) is 0 Å². The summed E-state index contributed by atoms with van der Waals surface area (Å²) in [7, 11) is 0. The number of hydrogen-bond acceptors (Lipinski definition) is 4. The van der Waals surface area contributed by atoms with Crippen molar-refractivity contribution in [3.8, 4) is 5.75 Å². The molecule has 1 aliphatic rings. The SMILES string of the molecule is CC(C)(C)O[N+](=O)c1ccc(OC(=O)N2CCCC2)cc1. The highest BCUT2D eigenvalue weighted by Gasteiger charge is 2.26. The van der Waals surface area contributed by atoms with Crippen LogP contribution in [-0.4, -0.2) is 34.6 Å². The van der Waals surface area contributed by atoms with Crippen LogP contribution in [0.5, 0.6) is 5.75 Å². The molecule has 0 unspecified atom stereocenters. The van der Waals surface area contributed by atoms with Crippen molar-refractivity contribution in [2.75, 3.05) is 13.1 Å². The fraction of sp³-hybridized carbons (Fsp3) is 0.533.